The van der Waals surface area contributed by atoms with Crippen LogP contribution in [0.1, 0.15) is 29.0 Å². The zero-order valence-corrected chi connectivity index (χ0v) is 14.9. The minimum Gasteiger partial charge on any atom is -0.439 e. The number of aromatic nitrogens is 2. The van der Waals surface area contributed by atoms with Gasteiger partial charge in [0.1, 0.15) is 11.5 Å². The van der Waals surface area contributed by atoms with Crippen molar-refractivity contribution in [2.75, 3.05) is 0 Å². The molecular weight excluding hydrogens is 330 g/mol. The third kappa shape index (κ3) is 4.47. The fourth-order valence-electron chi connectivity index (χ4n) is 2.63. The van der Waals surface area contributed by atoms with Crippen molar-refractivity contribution < 1.29 is 14.1 Å². The van der Waals surface area contributed by atoms with Crippen LogP contribution < -0.4 is 10.1 Å². The fraction of sp³-hybridized carbons (Fsp3) is 0.250. The summed E-state index contributed by atoms with van der Waals surface area (Å²) in [6.45, 7) is 4.10. The van der Waals surface area contributed by atoms with E-state index in [1.54, 1.807) is 6.20 Å². The van der Waals surface area contributed by atoms with Crippen LogP contribution in [0.3, 0.4) is 0 Å². The zero-order chi connectivity index (χ0) is 18.4. The van der Waals surface area contributed by atoms with Crippen LogP contribution in [0.2, 0.25) is 0 Å². The van der Waals surface area contributed by atoms with Crippen molar-refractivity contribution in [1.29, 1.82) is 0 Å². The summed E-state index contributed by atoms with van der Waals surface area (Å²) in [5.74, 6) is 1.92. The quantitative estimate of drug-likeness (QED) is 0.702. The topological polar surface area (TPSA) is 77.3 Å². The zero-order valence-electron chi connectivity index (χ0n) is 14.9. The number of carbonyl (C=O) groups excluding carboxylic acids is 1. The molecule has 1 N–H and O–H groups in total. The van der Waals surface area contributed by atoms with Crippen LogP contribution in [0.5, 0.6) is 11.6 Å². The Morgan fingerprint density at radius 2 is 1.96 bits per heavy atom. The van der Waals surface area contributed by atoms with Gasteiger partial charge in [0.25, 0.3) is 0 Å². The Labute approximate surface area is 152 Å². The Kier molecular flexibility index (Phi) is 5.63. The minimum absolute atomic E-state index is 0.0421. The van der Waals surface area contributed by atoms with Gasteiger partial charge >= 0.3 is 0 Å². The van der Waals surface area contributed by atoms with Crippen molar-refractivity contribution in [3.63, 3.8) is 0 Å². The molecule has 0 bridgehead atoms. The van der Waals surface area contributed by atoms with Gasteiger partial charge in [-0.25, -0.2) is 4.98 Å². The molecule has 26 heavy (non-hydrogen) atoms. The molecule has 0 unspecified atom stereocenters. The number of hydrogen-bond donors (Lipinski definition) is 1. The van der Waals surface area contributed by atoms with Gasteiger partial charge < -0.3 is 14.6 Å². The molecule has 3 rings (SSSR count). The Hall–Kier alpha value is -3.15. The van der Waals surface area contributed by atoms with E-state index in [1.807, 2.05) is 56.3 Å². The molecule has 0 aliphatic carbocycles. The van der Waals surface area contributed by atoms with E-state index < -0.39 is 0 Å². The summed E-state index contributed by atoms with van der Waals surface area (Å²) in [4.78, 5) is 16.4. The van der Waals surface area contributed by atoms with E-state index in [9.17, 15) is 4.79 Å². The molecule has 6 heteroatoms. The number of benzene rings is 1. The smallest absolute Gasteiger partial charge is 0.224 e. The van der Waals surface area contributed by atoms with E-state index in [0.717, 1.165) is 22.6 Å². The van der Waals surface area contributed by atoms with Crippen molar-refractivity contribution in [2.24, 2.45) is 0 Å². The van der Waals surface area contributed by atoms with E-state index in [4.69, 9.17) is 9.26 Å². The van der Waals surface area contributed by atoms with Crippen LogP contribution in [0.4, 0.5) is 0 Å². The van der Waals surface area contributed by atoms with Crippen molar-refractivity contribution >= 4 is 5.91 Å². The first kappa shape index (κ1) is 17.7. The monoisotopic (exact) mass is 351 g/mol. The molecule has 3 aromatic rings. The van der Waals surface area contributed by atoms with Crippen molar-refractivity contribution in [2.45, 2.75) is 33.2 Å². The summed E-state index contributed by atoms with van der Waals surface area (Å²) in [6.07, 6.45) is 2.65. The molecule has 0 aliphatic heterocycles. The van der Waals surface area contributed by atoms with E-state index >= 15 is 0 Å². The Morgan fingerprint density at radius 3 is 2.69 bits per heavy atom. The number of nitrogens with zero attached hydrogens (tertiary/aromatic N) is 2. The van der Waals surface area contributed by atoms with E-state index in [-0.39, 0.29) is 5.91 Å². The largest absolute Gasteiger partial charge is 0.439 e. The molecular formula is C20H21N3O3. The Bertz CT molecular complexity index is 856. The third-order valence-corrected chi connectivity index (χ3v) is 4.07. The van der Waals surface area contributed by atoms with E-state index in [1.165, 1.54) is 0 Å². The maximum atomic E-state index is 12.2. The van der Waals surface area contributed by atoms with Gasteiger partial charge in [0.15, 0.2) is 0 Å². The van der Waals surface area contributed by atoms with E-state index in [0.29, 0.717) is 31.0 Å². The molecule has 0 aliphatic rings. The summed E-state index contributed by atoms with van der Waals surface area (Å²) in [5.41, 5.74) is 2.65. The lowest BCUT2D eigenvalue weighted by molar-refractivity contribution is -0.121. The lowest BCUT2D eigenvalue weighted by atomic mass is 10.1. The first-order valence-corrected chi connectivity index (χ1v) is 8.48. The van der Waals surface area contributed by atoms with Crippen LogP contribution in [-0.2, 0) is 17.8 Å². The highest BCUT2D eigenvalue weighted by molar-refractivity contribution is 5.76. The highest BCUT2D eigenvalue weighted by Crippen LogP contribution is 2.22. The molecule has 1 amide bonds. The van der Waals surface area contributed by atoms with Gasteiger partial charge in [0.05, 0.1) is 5.69 Å². The summed E-state index contributed by atoms with van der Waals surface area (Å²) in [7, 11) is 0. The second kappa shape index (κ2) is 8.29. The molecule has 134 valence electrons. The molecule has 2 heterocycles. The first-order valence-electron chi connectivity index (χ1n) is 8.48. The molecule has 0 atom stereocenters. The number of nitrogens with one attached hydrogen (secondary N) is 1. The number of rotatable bonds is 7. The van der Waals surface area contributed by atoms with Crippen LogP contribution in [0, 0.1) is 13.8 Å². The van der Waals surface area contributed by atoms with E-state index in [2.05, 4.69) is 15.5 Å². The number of para-hydroxylation sites is 1. The second-order valence-corrected chi connectivity index (χ2v) is 5.96. The van der Waals surface area contributed by atoms with Crippen molar-refractivity contribution in [3.05, 3.63) is 71.2 Å². The summed E-state index contributed by atoms with van der Waals surface area (Å²) in [5, 5.41) is 6.82. The number of ether oxygens (including phenoxy) is 1. The standard InChI is InChI=1S/C20H21N3O3/c1-14-18(15(2)26-23-14)10-11-19(24)22-13-16-7-6-12-21-20(16)25-17-8-4-3-5-9-17/h3-9,12H,10-11,13H2,1-2H3,(H,22,24). The van der Waals surface area contributed by atoms with Crippen molar-refractivity contribution in [3.8, 4) is 11.6 Å². The molecule has 1 aromatic carbocycles. The summed E-state index contributed by atoms with van der Waals surface area (Å²) in [6, 6.07) is 13.2. The average Bonchev–Trinajstić information content (AvgIpc) is 2.98. The molecule has 2 aromatic heterocycles. The highest BCUT2D eigenvalue weighted by Gasteiger charge is 2.12. The molecule has 6 nitrogen and oxygen atoms in total. The predicted molar refractivity (Wildman–Crippen MR) is 96.9 cm³/mol. The number of carbonyl (C=O) groups is 1. The van der Waals surface area contributed by atoms with Crippen LogP contribution in [0.15, 0.2) is 53.2 Å². The fourth-order valence-corrected chi connectivity index (χ4v) is 2.63. The predicted octanol–water partition coefficient (Wildman–Crippen LogP) is 3.73. The SMILES string of the molecule is Cc1noc(C)c1CCC(=O)NCc1cccnc1Oc1ccccc1. The van der Waals surface area contributed by atoms with Crippen molar-refractivity contribution in [1.82, 2.24) is 15.5 Å². The Balaban J connectivity index is 1.57. The summed E-state index contributed by atoms with van der Waals surface area (Å²) >= 11 is 0. The molecule has 0 saturated heterocycles. The van der Waals surface area contributed by atoms with Gasteiger partial charge in [-0.2, -0.15) is 0 Å². The number of aryl methyl sites for hydroxylation is 2. The first-order chi connectivity index (χ1) is 12.6. The van der Waals surface area contributed by atoms with Gasteiger partial charge in [-0.3, -0.25) is 4.79 Å². The van der Waals surface area contributed by atoms with Crippen LogP contribution >= 0.6 is 0 Å². The highest BCUT2D eigenvalue weighted by atomic mass is 16.5. The number of hydrogen-bond acceptors (Lipinski definition) is 5. The third-order valence-electron chi connectivity index (χ3n) is 4.07. The molecule has 0 radical (unpaired) electrons. The normalized spacial score (nSPS) is 10.5. The lowest BCUT2D eigenvalue weighted by Crippen LogP contribution is -2.23. The van der Waals surface area contributed by atoms with Crippen LogP contribution in [0.25, 0.3) is 0 Å². The Morgan fingerprint density at radius 1 is 1.15 bits per heavy atom. The van der Waals surface area contributed by atoms with Gasteiger partial charge in [-0.05, 0) is 38.5 Å². The van der Waals surface area contributed by atoms with Gasteiger partial charge in [-0.1, -0.05) is 29.4 Å². The average molecular weight is 351 g/mol. The molecule has 0 spiro atoms. The maximum Gasteiger partial charge on any atom is 0.224 e. The van der Waals surface area contributed by atoms with Gasteiger partial charge in [-0.15, -0.1) is 0 Å². The van der Waals surface area contributed by atoms with Gasteiger partial charge in [0, 0.05) is 30.3 Å². The lowest BCUT2D eigenvalue weighted by Gasteiger charge is -2.10. The number of amides is 1. The maximum absolute atomic E-state index is 12.2. The van der Waals surface area contributed by atoms with Crippen LogP contribution in [-0.4, -0.2) is 16.0 Å². The molecule has 0 fully saturated rings. The van der Waals surface area contributed by atoms with Gasteiger partial charge in [0.2, 0.25) is 11.8 Å². The minimum atomic E-state index is -0.0421. The second-order valence-electron chi connectivity index (χ2n) is 5.96. The number of pyridine rings is 1. The molecule has 0 saturated carbocycles. The summed E-state index contributed by atoms with van der Waals surface area (Å²) < 4.78 is 10.9.